The van der Waals surface area contributed by atoms with E-state index in [1.165, 1.54) is 43.6 Å². The Morgan fingerprint density at radius 1 is 0.349 bits per heavy atom. The van der Waals surface area contributed by atoms with Crippen molar-refractivity contribution >= 4 is 87.2 Å². The molecule has 0 spiro atoms. The summed E-state index contributed by atoms with van der Waals surface area (Å²) in [6.45, 7) is 0. The average molecular weight is 1060 g/mol. The van der Waals surface area contributed by atoms with Crippen molar-refractivity contribution in [2.24, 2.45) is 0 Å². The number of fused-ring (bicyclic) bond motifs is 12. The van der Waals surface area contributed by atoms with Crippen molar-refractivity contribution in [1.82, 2.24) is 24.1 Å². The van der Waals surface area contributed by atoms with Crippen molar-refractivity contribution in [1.29, 1.82) is 0 Å². The molecule has 6 heterocycles. The molecule has 0 fully saturated rings. The number of hydrogen-bond acceptors (Lipinski definition) is 6. The first kappa shape index (κ1) is 53.8. The number of nitrogens with one attached hydrogen (secondary N) is 1. The Bertz CT molecular complexity index is 4730. The molecule has 3 N–H and O–H groups in total. The molecule has 9 nitrogen and oxygen atoms in total. The monoisotopic (exact) mass is 1060 g/mol. The Morgan fingerprint density at radius 2 is 0.735 bits per heavy atom. The molecule has 0 radical (unpaired) electrons. The summed E-state index contributed by atoms with van der Waals surface area (Å²) < 4.78 is 4.65. The van der Waals surface area contributed by atoms with Crippen LogP contribution in [-0.4, -0.2) is 34.7 Å². The fourth-order valence-corrected chi connectivity index (χ4v) is 11.6. The molecule has 0 bridgehead atoms. The van der Waals surface area contributed by atoms with E-state index in [4.69, 9.17) is 15.0 Å². The van der Waals surface area contributed by atoms with E-state index in [1.54, 1.807) is 18.2 Å². The van der Waals surface area contributed by atoms with Gasteiger partial charge in [-0.05, 0) is 97.1 Å². The standard InChI is InChI=1S/2C36H23N3O.2Li.H2O/c2*40-34-15-6-3-12-29(34)31-21-19-24-17-16-23-18-20-30(37-35(23)36(24)38-31)25-8-7-9-26(22-25)39-32-13-4-1-10-27(32)28-11-2-5-14-33(28)39;;;/h2*1-22,40H;;;1H2/q;;2*+1;/p-1. The molecule has 0 saturated carbocycles. The van der Waals surface area contributed by atoms with Gasteiger partial charge in [-0.3, -0.25) is 0 Å². The number of para-hydroxylation sites is 6. The van der Waals surface area contributed by atoms with E-state index >= 15 is 0 Å². The summed E-state index contributed by atoms with van der Waals surface area (Å²) in [6.07, 6.45) is 0. The van der Waals surface area contributed by atoms with E-state index in [0.717, 1.165) is 88.9 Å². The molecule has 0 amide bonds. The van der Waals surface area contributed by atoms with Gasteiger partial charge in [0.05, 0.1) is 50.2 Å². The Kier molecular flexibility index (Phi) is 14.4. The number of hydrogen-bond donors (Lipinski definition) is 1. The predicted octanol–water partition coefficient (Wildman–Crippen LogP) is 10.5. The van der Waals surface area contributed by atoms with Crippen LogP contribution in [0, 0.1) is 0 Å². The van der Waals surface area contributed by atoms with Gasteiger partial charge in [0.1, 0.15) is 11.3 Å². The molecular weight excluding hydrogens is 1010 g/mol. The maximum Gasteiger partial charge on any atom is 1.00 e. The van der Waals surface area contributed by atoms with E-state index in [1.807, 2.05) is 54.6 Å². The second-order valence-corrected chi connectivity index (χ2v) is 20.1. The molecular formula is C72H47Li2N6O3+. The van der Waals surface area contributed by atoms with Crippen LogP contribution in [0.1, 0.15) is 0 Å². The number of aromatic hydroxyl groups is 1. The molecule has 0 saturated heterocycles. The smallest absolute Gasteiger partial charge is 0.872 e. The third kappa shape index (κ3) is 9.43. The van der Waals surface area contributed by atoms with Crippen LogP contribution in [0.15, 0.2) is 267 Å². The van der Waals surface area contributed by atoms with Gasteiger partial charge in [-0.1, -0.05) is 170 Å². The van der Waals surface area contributed by atoms with Gasteiger partial charge in [0, 0.05) is 82.8 Å². The zero-order valence-electron chi connectivity index (χ0n) is 45.4. The number of rotatable bonds is 6. The Labute approximate surface area is 501 Å². The zero-order chi connectivity index (χ0) is 53.3. The van der Waals surface area contributed by atoms with Crippen molar-refractivity contribution in [3.8, 4) is 67.9 Å². The molecule has 10 aromatic carbocycles. The molecule has 0 aliphatic carbocycles. The minimum atomic E-state index is -0.00569. The van der Waals surface area contributed by atoms with Gasteiger partial charge in [-0.25, -0.2) is 19.9 Å². The number of aromatic amines is 1. The third-order valence-corrected chi connectivity index (χ3v) is 15.4. The Hall–Kier alpha value is -9.81. The Morgan fingerprint density at radius 3 is 1.24 bits per heavy atom. The van der Waals surface area contributed by atoms with Gasteiger partial charge in [0.2, 0.25) is 11.2 Å². The molecule has 16 rings (SSSR count). The van der Waals surface area contributed by atoms with Crippen LogP contribution >= 0.6 is 0 Å². The topological polar surface area (TPSA) is 136 Å². The summed E-state index contributed by atoms with van der Waals surface area (Å²) >= 11 is 0. The van der Waals surface area contributed by atoms with Crippen molar-refractivity contribution in [3.63, 3.8) is 0 Å². The van der Waals surface area contributed by atoms with Gasteiger partial charge in [0.15, 0.2) is 0 Å². The number of nitrogens with zero attached hydrogens (tertiary/aromatic N) is 5. The average Bonchev–Trinajstić information content (AvgIpc) is 4.10. The van der Waals surface area contributed by atoms with Gasteiger partial charge in [-0.2, -0.15) is 0 Å². The third-order valence-electron chi connectivity index (χ3n) is 15.4. The van der Waals surface area contributed by atoms with Crippen LogP contribution in [-0.2, 0) is 0 Å². The molecule has 6 aromatic heterocycles. The first-order chi connectivity index (χ1) is 39.5. The number of pyridine rings is 4. The second-order valence-electron chi connectivity index (χ2n) is 20.1. The van der Waals surface area contributed by atoms with Crippen LogP contribution in [0.2, 0.25) is 0 Å². The van der Waals surface area contributed by atoms with E-state index in [0.29, 0.717) is 11.1 Å². The minimum Gasteiger partial charge on any atom is -0.872 e. The molecule has 0 aliphatic heterocycles. The second kappa shape index (κ2) is 22.3. The van der Waals surface area contributed by atoms with Crippen LogP contribution in [0.4, 0.5) is 0 Å². The van der Waals surface area contributed by atoms with Crippen LogP contribution in [0.25, 0.3) is 144 Å². The van der Waals surface area contributed by atoms with Gasteiger partial charge < -0.3 is 24.8 Å². The van der Waals surface area contributed by atoms with Crippen molar-refractivity contribution in [3.05, 3.63) is 267 Å². The number of phenolic OH excluding ortho intramolecular Hbond substituents is 1. The van der Waals surface area contributed by atoms with Crippen LogP contribution < -0.4 is 47.8 Å². The molecule has 16 aromatic rings. The number of H-pyrrole nitrogens is 1. The SMILES string of the molecule is Oc1ccccc1-c1ccc2ccc3ccc(-c4cccc(-n5c6ccccc6c6ccccc65)c4)nc3c2n1.[Li+].[Li+].[O-]c1ccccc1-c1ccc2ccc3ccc(-c4cccc(-n5c6ccccc6c6ccccc65)c4)nc3c2[nH+]1.[OH-]. The molecule has 0 aliphatic rings. The van der Waals surface area contributed by atoms with Crippen LogP contribution in [0.3, 0.4) is 0 Å². The summed E-state index contributed by atoms with van der Waals surface area (Å²) in [5.41, 5.74) is 17.1. The summed E-state index contributed by atoms with van der Waals surface area (Å²) in [4.78, 5) is 18.8. The molecule has 0 unspecified atom stereocenters. The molecule has 384 valence electrons. The van der Waals surface area contributed by atoms with E-state index in [-0.39, 0.29) is 54.7 Å². The fraction of sp³-hybridized carbons (Fsp3) is 0. The number of phenols is 1. The van der Waals surface area contributed by atoms with Crippen molar-refractivity contribution in [2.75, 3.05) is 0 Å². The zero-order valence-corrected chi connectivity index (χ0v) is 45.4. The number of benzene rings is 10. The quantitative estimate of drug-likeness (QED) is 0.130. The first-order valence-corrected chi connectivity index (χ1v) is 26.7. The van der Waals surface area contributed by atoms with Crippen molar-refractivity contribution < 1.29 is 58.4 Å². The number of aromatic nitrogens is 6. The summed E-state index contributed by atoms with van der Waals surface area (Å²) in [6, 6.07) is 90.4. The predicted molar refractivity (Wildman–Crippen MR) is 326 cm³/mol. The largest absolute Gasteiger partial charge is 1.00 e. The Balaban J connectivity index is 0.000000158. The van der Waals surface area contributed by atoms with Gasteiger partial charge in [-0.15, -0.1) is 0 Å². The normalized spacial score (nSPS) is 11.2. The van der Waals surface area contributed by atoms with Crippen LogP contribution in [0.5, 0.6) is 11.5 Å². The van der Waals surface area contributed by atoms with E-state index in [9.17, 15) is 10.2 Å². The van der Waals surface area contributed by atoms with Gasteiger partial charge in [0.25, 0.3) is 0 Å². The minimum absolute atomic E-state index is 0. The summed E-state index contributed by atoms with van der Waals surface area (Å²) in [5, 5.41) is 32.0. The van der Waals surface area contributed by atoms with Gasteiger partial charge >= 0.3 is 37.7 Å². The fourth-order valence-electron chi connectivity index (χ4n) is 11.6. The first-order valence-electron chi connectivity index (χ1n) is 26.7. The molecule has 0 atom stereocenters. The molecule has 11 heteroatoms. The maximum atomic E-state index is 12.5. The van der Waals surface area contributed by atoms with E-state index < -0.39 is 0 Å². The summed E-state index contributed by atoms with van der Waals surface area (Å²) in [5.74, 6) is 0.207. The van der Waals surface area contributed by atoms with Crippen molar-refractivity contribution in [2.45, 2.75) is 0 Å². The summed E-state index contributed by atoms with van der Waals surface area (Å²) in [7, 11) is 0. The maximum absolute atomic E-state index is 12.5. The molecule has 83 heavy (non-hydrogen) atoms. The van der Waals surface area contributed by atoms with E-state index in [2.05, 4.69) is 208 Å².